The molecule has 3 rings (SSSR count). The third-order valence-corrected chi connectivity index (χ3v) is 6.41. The number of nitrogens with one attached hydrogen (secondary N) is 2. The van der Waals surface area contributed by atoms with E-state index in [4.69, 9.17) is 0 Å². The zero-order valence-corrected chi connectivity index (χ0v) is 23.2. The average Bonchev–Trinajstić information content (AvgIpc) is 2.94. The number of pyridine rings is 1. The topological polar surface area (TPSA) is 91.4 Å². The first-order valence-electron chi connectivity index (χ1n) is 13.6. The van der Waals surface area contributed by atoms with Crippen molar-refractivity contribution < 1.29 is 14.4 Å². The van der Waals surface area contributed by atoms with Crippen LogP contribution in [0.5, 0.6) is 0 Å². The van der Waals surface area contributed by atoms with Crippen LogP contribution >= 0.6 is 0 Å². The van der Waals surface area contributed by atoms with Crippen molar-refractivity contribution in [1.82, 2.24) is 15.2 Å². The molecule has 0 saturated carbocycles. The van der Waals surface area contributed by atoms with E-state index in [-0.39, 0.29) is 23.8 Å². The Morgan fingerprint density at radius 2 is 1.62 bits per heavy atom. The lowest BCUT2D eigenvalue weighted by atomic mass is 9.95. The van der Waals surface area contributed by atoms with Gasteiger partial charge in [-0.15, -0.1) is 0 Å². The number of hydrogen-bond donors (Lipinski definition) is 2. The number of aryl methyl sites for hydroxylation is 1. The molecule has 7 heteroatoms. The highest BCUT2D eigenvalue weighted by Gasteiger charge is 2.23. The van der Waals surface area contributed by atoms with Crippen molar-refractivity contribution in [1.29, 1.82) is 0 Å². The van der Waals surface area contributed by atoms with E-state index in [2.05, 4.69) is 22.5 Å². The molecule has 0 fully saturated rings. The number of nitrogens with zero attached hydrogens (tertiary/aromatic N) is 2. The second-order valence-corrected chi connectivity index (χ2v) is 9.88. The van der Waals surface area contributed by atoms with Gasteiger partial charge in [-0.05, 0) is 74.9 Å². The number of amides is 3. The molecule has 3 aromatic rings. The number of rotatable bonds is 13. The van der Waals surface area contributed by atoms with Gasteiger partial charge in [0.2, 0.25) is 5.91 Å². The van der Waals surface area contributed by atoms with Crippen molar-refractivity contribution >= 4 is 23.5 Å². The molecule has 2 atom stereocenters. The van der Waals surface area contributed by atoms with Crippen LogP contribution in [0.2, 0.25) is 0 Å². The first kappa shape index (κ1) is 29.6. The number of benzene rings is 2. The first-order chi connectivity index (χ1) is 18.8. The van der Waals surface area contributed by atoms with Crippen LogP contribution in [0, 0.1) is 19.8 Å². The summed E-state index contributed by atoms with van der Waals surface area (Å²) in [6.07, 6.45) is 4.29. The highest BCUT2D eigenvalue weighted by Crippen LogP contribution is 2.16. The van der Waals surface area contributed by atoms with Crippen LogP contribution in [-0.4, -0.2) is 46.7 Å². The number of carbonyl (C=O) groups is 3. The van der Waals surface area contributed by atoms with E-state index in [1.807, 2.05) is 62.1 Å². The summed E-state index contributed by atoms with van der Waals surface area (Å²) in [7, 11) is 0. The Morgan fingerprint density at radius 3 is 2.26 bits per heavy atom. The molecule has 3 amide bonds. The first-order valence-corrected chi connectivity index (χ1v) is 13.6. The molecule has 1 unspecified atom stereocenters. The summed E-state index contributed by atoms with van der Waals surface area (Å²) in [5, 5.41) is 5.89. The van der Waals surface area contributed by atoms with Crippen LogP contribution in [0.3, 0.4) is 0 Å². The minimum atomic E-state index is -0.619. The summed E-state index contributed by atoms with van der Waals surface area (Å²) in [5.41, 5.74) is 2.93. The Hall–Kier alpha value is -4.00. The summed E-state index contributed by atoms with van der Waals surface area (Å²) in [6, 6.07) is 19.9. The van der Waals surface area contributed by atoms with Crippen molar-refractivity contribution in [2.24, 2.45) is 5.92 Å². The van der Waals surface area contributed by atoms with Gasteiger partial charge in [0.25, 0.3) is 11.8 Å². The third kappa shape index (κ3) is 9.06. The highest BCUT2D eigenvalue weighted by atomic mass is 16.2. The molecule has 7 nitrogen and oxygen atoms in total. The van der Waals surface area contributed by atoms with E-state index >= 15 is 0 Å². The van der Waals surface area contributed by atoms with Crippen LogP contribution in [0.25, 0.3) is 0 Å². The molecule has 0 aliphatic heterocycles. The lowest BCUT2D eigenvalue weighted by Crippen LogP contribution is -2.39. The largest absolute Gasteiger partial charge is 0.349 e. The van der Waals surface area contributed by atoms with Gasteiger partial charge in [0.15, 0.2) is 0 Å². The number of anilines is 1. The number of aromatic nitrogens is 1. The van der Waals surface area contributed by atoms with Gasteiger partial charge in [0, 0.05) is 42.4 Å². The van der Waals surface area contributed by atoms with Crippen LogP contribution in [0.1, 0.15) is 65.0 Å². The maximum atomic E-state index is 13.3. The van der Waals surface area contributed by atoms with Crippen LogP contribution in [-0.2, 0) is 11.2 Å². The molecule has 2 N–H and O–H groups in total. The number of hydrogen-bond acceptors (Lipinski definition) is 4. The summed E-state index contributed by atoms with van der Waals surface area (Å²) in [5.74, 6) is -0.793. The molecule has 1 aromatic heterocycles. The van der Waals surface area contributed by atoms with E-state index in [1.54, 1.807) is 36.5 Å². The fraction of sp³-hybridized carbons (Fsp3) is 0.344. The van der Waals surface area contributed by atoms with Crippen molar-refractivity contribution in [2.75, 3.05) is 18.4 Å². The lowest BCUT2D eigenvalue weighted by molar-refractivity contribution is -0.119. The molecule has 0 spiro atoms. The minimum Gasteiger partial charge on any atom is -0.349 e. The molecular weight excluding hydrogens is 488 g/mol. The smallest absolute Gasteiger partial charge is 0.253 e. The molecule has 2 aromatic carbocycles. The van der Waals surface area contributed by atoms with E-state index in [9.17, 15) is 14.4 Å². The molecule has 1 radical (unpaired) electrons. The van der Waals surface area contributed by atoms with Crippen molar-refractivity contribution in [3.63, 3.8) is 0 Å². The zero-order valence-electron chi connectivity index (χ0n) is 23.2. The Balaban J connectivity index is 1.74. The second kappa shape index (κ2) is 14.8. The van der Waals surface area contributed by atoms with Gasteiger partial charge < -0.3 is 15.5 Å². The molecule has 0 aliphatic carbocycles. The monoisotopic (exact) mass is 527 g/mol. The van der Waals surface area contributed by atoms with Crippen molar-refractivity contribution in [3.8, 4) is 0 Å². The fourth-order valence-electron chi connectivity index (χ4n) is 4.41. The minimum absolute atomic E-state index is 0.0756. The normalized spacial score (nSPS) is 12.3. The maximum absolute atomic E-state index is 13.3. The van der Waals surface area contributed by atoms with Gasteiger partial charge in [-0.25, -0.2) is 4.98 Å². The Labute approximate surface area is 232 Å². The van der Waals surface area contributed by atoms with Gasteiger partial charge in [-0.1, -0.05) is 56.3 Å². The molecule has 0 saturated heterocycles. The fourth-order valence-corrected chi connectivity index (χ4v) is 4.41. The Kier molecular flexibility index (Phi) is 11.2. The zero-order chi connectivity index (χ0) is 28.2. The second-order valence-electron chi connectivity index (χ2n) is 9.88. The highest BCUT2D eigenvalue weighted by molar-refractivity contribution is 6.00. The van der Waals surface area contributed by atoms with E-state index < -0.39 is 5.92 Å². The molecule has 39 heavy (non-hydrogen) atoms. The summed E-state index contributed by atoms with van der Waals surface area (Å²) < 4.78 is 0. The molecule has 205 valence electrons. The van der Waals surface area contributed by atoms with Gasteiger partial charge >= 0.3 is 0 Å². The Bertz CT molecular complexity index is 1220. The lowest BCUT2D eigenvalue weighted by Gasteiger charge is -2.23. The predicted octanol–water partition coefficient (Wildman–Crippen LogP) is 5.47. The standard InChI is InChI=1S/C32H39N4O3/c1-5-17-36(18-6-2)32(39)27-14-10-13-26(21-27)31(38)34-28(20-25-11-8-7-9-12-25)19-24(4)30(37)35-29-16-15-23(3)22-33-29/h7-16,21-22,24,28H,4-6,17-20H2,1-3H3,(H,34,38)(H,33,35,37)/t24?,28-/m1/s1. The molecular formula is C32H39N4O3. The van der Waals surface area contributed by atoms with Gasteiger partial charge in [0.05, 0.1) is 0 Å². The quantitative estimate of drug-likeness (QED) is 0.308. The predicted molar refractivity (Wildman–Crippen MR) is 155 cm³/mol. The van der Waals surface area contributed by atoms with Crippen LogP contribution < -0.4 is 10.6 Å². The van der Waals surface area contributed by atoms with Crippen LogP contribution in [0.15, 0.2) is 72.9 Å². The summed E-state index contributed by atoms with van der Waals surface area (Å²) >= 11 is 0. The van der Waals surface area contributed by atoms with E-state index in [1.165, 1.54) is 0 Å². The van der Waals surface area contributed by atoms with E-state index in [0.717, 1.165) is 24.0 Å². The Morgan fingerprint density at radius 1 is 0.923 bits per heavy atom. The molecule has 0 bridgehead atoms. The SMILES string of the molecule is [CH2]C(C[C@H](Cc1ccccc1)NC(=O)c1cccc(C(=O)N(CCC)CCC)c1)C(=O)Nc1ccc(C)cn1. The van der Waals surface area contributed by atoms with Crippen LogP contribution in [0.4, 0.5) is 5.82 Å². The maximum Gasteiger partial charge on any atom is 0.253 e. The molecule has 1 heterocycles. The van der Waals surface area contributed by atoms with Crippen molar-refractivity contribution in [2.45, 2.75) is 52.5 Å². The summed E-state index contributed by atoms with van der Waals surface area (Å²) in [4.78, 5) is 45.4. The summed E-state index contributed by atoms with van der Waals surface area (Å²) in [6.45, 7) is 11.4. The third-order valence-electron chi connectivity index (χ3n) is 6.41. The average molecular weight is 528 g/mol. The van der Waals surface area contributed by atoms with Gasteiger partial charge in [0.1, 0.15) is 5.82 Å². The molecule has 0 aliphatic rings. The van der Waals surface area contributed by atoms with Gasteiger partial charge in [-0.2, -0.15) is 0 Å². The number of carbonyl (C=O) groups excluding carboxylic acids is 3. The van der Waals surface area contributed by atoms with Gasteiger partial charge in [-0.3, -0.25) is 14.4 Å². The van der Waals surface area contributed by atoms with Crippen molar-refractivity contribution in [3.05, 3.63) is 102 Å². The van der Waals surface area contributed by atoms with E-state index in [0.29, 0.717) is 42.9 Å².